The molecule has 0 unspecified atom stereocenters. The fourth-order valence-electron chi connectivity index (χ4n) is 4.82. The van der Waals surface area contributed by atoms with Gasteiger partial charge in [-0.3, -0.25) is 9.69 Å². The molecule has 0 saturated carbocycles. The van der Waals surface area contributed by atoms with E-state index in [-0.39, 0.29) is 5.92 Å². The third kappa shape index (κ3) is 3.85. The highest BCUT2D eigenvalue weighted by Gasteiger charge is 2.34. The van der Waals surface area contributed by atoms with E-state index >= 15 is 0 Å². The number of hydrogen-bond acceptors (Lipinski definition) is 5. The van der Waals surface area contributed by atoms with Gasteiger partial charge in [0.05, 0.1) is 5.92 Å². The zero-order chi connectivity index (χ0) is 17.9. The molecule has 0 bridgehead atoms. The van der Waals surface area contributed by atoms with Gasteiger partial charge in [0.15, 0.2) is 0 Å². The van der Waals surface area contributed by atoms with Crippen LogP contribution in [0.1, 0.15) is 44.3 Å². The fraction of sp³-hybridized carbons (Fsp3) is 0.750. The standard InChI is InChI=1S/C20H31N5O/c1-16-21-9-6-19(22-16)23-13-7-18(8-14-23)25-12-4-5-17(15-25)20(26)24-10-2-3-11-24/h6,9,17-18H,2-5,7-8,10-15H2,1H3/t17-/m0/s1. The van der Waals surface area contributed by atoms with E-state index in [0.717, 1.165) is 76.6 Å². The van der Waals surface area contributed by atoms with Crippen molar-refractivity contribution in [2.45, 2.75) is 51.5 Å². The summed E-state index contributed by atoms with van der Waals surface area (Å²) < 4.78 is 0. The van der Waals surface area contributed by atoms with Crippen LogP contribution in [0, 0.1) is 12.8 Å². The van der Waals surface area contributed by atoms with Crippen LogP contribution in [0.25, 0.3) is 0 Å². The molecule has 0 radical (unpaired) electrons. The Morgan fingerprint density at radius 1 is 1.04 bits per heavy atom. The summed E-state index contributed by atoms with van der Waals surface area (Å²) in [6, 6.07) is 2.63. The second-order valence-electron chi connectivity index (χ2n) is 8.05. The summed E-state index contributed by atoms with van der Waals surface area (Å²) in [6.45, 7) is 8.11. The summed E-state index contributed by atoms with van der Waals surface area (Å²) in [4.78, 5) is 28.6. The molecule has 4 rings (SSSR count). The van der Waals surface area contributed by atoms with Crippen LogP contribution in [0.2, 0.25) is 0 Å². The van der Waals surface area contributed by atoms with Crippen molar-refractivity contribution in [1.82, 2.24) is 19.8 Å². The molecule has 3 fully saturated rings. The number of piperidine rings is 2. The van der Waals surface area contributed by atoms with Crippen LogP contribution in [-0.4, -0.2) is 71.0 Å². The Bertz CT molecular complexity index is 622. The van der Waals surface area contributed by atoms with Crippen molar-refractivity contribution in [3.63, 3.8) is 0 Å². The molecule has 3 aliphatic heterocycles. The molecule has 0 spiro atoms. The maximum absolute atomic E-state index is 12.8. The molecular weight excluding hydrogens is 326 g/mol. The van der Waals surface area contributed by atoms with E-state index in [4.69, 9.17) is 0 Å². The smallest absolute Gasteiger partial charge is 0.226 e. The second-order valence-corrected chi connectivity index (χ2v) is 8.05. The number of aromatic nitrogens is 2. The number of carbonyl (C=O) groups excluding carboxylic acids is 1. The Hall–Kier alpha value is -1.69. The lowest BCUT2D eigenvalue weighted by Crippen LogP contribution is -2.51. The van der Waals surface area contributed by atoms with Crippen LogP contribution in [-0.2, 0) is 4.79 Å². The summed E-state index contributed by atoms with van der Waals surface area (Å²) in [5.74, 6) is 2.53. The van der Waals surface area contributed by atoms with Crippen molar-refractivity contribution in [3.05, 3.63) is 18.1 Å². The first-order valence-corrected chi connectivity index (χ1v) is 10.3. The predicted molar refractivity (Wildman–Crippen MR) is 102 cm³/mol. The lowest BCUT2D eigenvalue weighted by molar-refractivity contribution is -0.136. The molecule has 1 aromatic rings. The first-order valence-electron chi connectivity index (χ1n) is 10.3. The van der Waals surface area contributed by atoms with Crippen molar-refractivity contribution in [3.8, 4) is 0 Å². The largest absolute Gasteiger partial charge is 0.356 e. The van der Waals surface area contributed by atoms with E-state index in [0.29, 0.717) is 11.9 Å². The zero-order valence-electron chi connectivity index (χ0n) is 15.9. The van der Waals surface area contributed by atoms with Gasteiger partial charge in [0.2, 0.25) is 5.91 Å². The normalized spacial score (nSPS) is 25.7. The number of nitrogens with zero attached hydrogens (tertiary/aromatic N) is 5. The second kappa shape index (κ2) is 7.91. The Morgan fingerprint density at radius 3 is 2.54 bits per heavy atom. The topological polar surface area (TPSA) is 52.6 Å². The molecule has 1 atom stereocenters. The molecule has 0 aliphatic carbocycles. The average molecular weight is 358 g/mol. The van der Waals surface area contributed by atoms with Gasteiger partial charge in [0.1, 0.15) is 11.6 Å². The lowest BCUT2D eigenvalue weighted by atomic mass is 9.93. The van der Waals surface area contributed by atoms with Crippen LogP contribution in [0.4, 0.5) is 5.82 Å². The molecule has 6 heteroatoms. The molecule has 142 valence electrons. The van der Waals surface area contributed by atoms with Gasteiger partial charge < -0.3 is 9.80 Å². The van der Waals surface area contributed by atoms with E-state index < -0.39 is 0 Å². The first kappa shape index (κ1) is 17.7. The van der Waals surface area contributed by atoms with Crippen LogP contribution >= 0.6 is 0 Å². The van der Waals surface area contributed by atoms with Gasteiger partial charge in [-0.25, -0.2) is 9.97 Å². The van der Waals surface area contributed by atoms with E-state index in [2.05, 4.69) is 24.7 Å². The highest BCUT2D eigenvalue weighted by atomic mass is 16.2. The lowest BCUT2D eigenvalue weighted by Gasteiger charge is -2.42. The van der Waals surface area contributed by atoms with Crippen molar-refractivity contribution in [2.75, 3.05) is 44.2 Å². The van der Waals surface area contributed by atoms with Gasteiger partial charge in [-0.15, -0.1) is 0 Å². The summed E-state index contributed by atoms with van der Waals surface area (Å²) >= 11 is 0. The minimum absolute atomic E-state index is 0.226. The van der Waals surface area contributed by atoms with Crippen molar-refractivity contribution < 1.29 is 4.79 Å². The Balaban J connectivity index is 1.31. The Morgan fingerprint density at radius 2 is 1.81 bits per heavy atom. The zero-order valence-corrected chi connectivity index (χ0v) is 15.9. The molecule has 4 heterocycles. The van der Waals surface area contributed by atoms with Crippen LogP contribution in [0.3, 0.4) is 0 Å². The average Bonchev–Trinajstić information content (AvgIpc) is 3.22. The van der Waals surface area contributed by atoms with Gasteiger partial charge in [0, 0.05) is 45.0 Å². The number of hydrogen-bond donors (Lipinski definition) is 0. The maximum atomic E-state index is 12.8. The molecule has 3 aliphatic rings. The molecule has 26 heavy (non-hydrogen) atoms. The highest BCUT2D eigenvalue weighted by Crippen LogP contribution is 2.27. The molecule has 6 nitrogen and oxygen atoms in total. The van der Waals surface area contributed by atoms with Crippen LogP contribution in [0.5, 0.6) is 0 Å². The molecule has 1 amide bonds. The highest BCUT2D eigenvalue weighted by molar-refractivity contribution is 5.79. The van der Waals surface area contributed by atoms with E-state index in [1.54, 1.807) is 0 Å². The van der Waals surface area contributed by atoms with Gasteiger partial charge in [-0.2, -0.15) is 0 Å². The SMILES string of the molecule is Cc1nccc(N2CCC(N3CCC[C@H](C(=O)N4CCCC4)C3)CC2)n1. The molecule has 3 saturated heterocycles. The summed E-state index contributed by atoms with van der Waals surface area (Å²) in [5.41, 5.74) is 0. The third-order valence-electron chi connectivity index (χ3n) is 6.29. The van der Waals surface area contributed by atoms with Crippen LogP contribution in [0.15, 0.2) is 12.3 Å². The number of likely N-dealkylation sites (tertiary alicyclic amines) is 2. The monoisotopic (exact) mass is 357 g/mol. The van der Waals surface area contributed by atoms with Gasteiger partial charge in [-0.1, -0.05) is 0 Å². The summed E-state index contributed by atoms with van der Waals surface area (Å²) in [5, 5.41) is 0. The number of aryl methyl sites for hydroxylation is 1. The molecule has 0 aromatic carbocycles. The Kier molecular flexibility index (Phi) is 5.38. The van der Waals surface area contributed by atoms with Crippen molar-refractivity contribution in [2.24, 2.45) is 5.92 Å². The van der Waals surface area contributed by atoms with Gasteiger partial charge in [0.25, 0.3) is 0 Å². The van der Waals surface area contributed by atoms with E-state index in [9.17, 15) is 4.79 Å². The predicted octanol–water partition coefficient (Wildman–Crippen LogP) is 2.09. The third-order valence-corrected chi connectivity index (χ3v) is 6.29. The Labute approximate surface area is 156 Å². The van der Waals surface area contributed by atoms with E-state index in [1.807, 2.05) is 19.2 Å². The minimum atomic E-state index is 0.226. The number of rotatable bonds is 3. The first-order chi connectivity index (χ1) is 12.7. The maximum Gasteiger partial charge on any atom is 0.226 e. The molecule has 0 N–H and O–H groups in total. The number of anilines is 1. The minimum Gasteiger partial charge on any atom is -0.356 e. The quantitative estimate of drug-likeness (QED) is 0.829. The molecular formula is C20H31N5O. The van der Waals surface area contributed by atoms with Crippen molar-refractivity contribution in [1.29, 1.82) is 0 Å². The van der Waals surface area contributed by atoms with Crippen molar-refractivity contribution >= 4 is 11.7 Å². The van der Waals surface area contributed by atoms with E-state index in [1.165, 1.54) is 12.8 Å². The summed E-state index contributed by atoms with van der Waals surface area (Å²) in [7, 11) is 0. The molecule has 1 aromatic heterocycles. The van der Waals surface area contributed by atoms with Gasteiger partial charge >= 0.3 is 0 Å². The summed E-state index contributed by atoms with van der Waals surface area (Å²) in [6.07, 6.45) is 8.77. The van der Waals surface area contributed by atoms with Crippen LogP contribution < -0.4 is 4.90 Å². The van der Waals surface area contributed by atoms with Gasteiger partial charge in [-0.05, 0) is 58.1 Å². The fourth-order valence-corrected chi connectivity index (χ4v) is 4.82. The number of carbonyl (C=O) groups is 1. The number of amides is 1.